The zero-order valence-corrected chi connectivity index (χ0v) is 18.9. The fourth-order valence-corrected chi connectivity index (χ4v) is 4.12. The van der Waals surface area contributed by atoms with Crippen molar-refractivity contribution >= 4 is 10.9 Å². The first kappa shape index (κ1) is 22.4. The third-order valence-corrected chi connectivity index (χ3v) is 5.60. The van der Waals surface area contributed by atoms with Crippen molar-refractivity contribution in [2.45, 2.75) is 46.6 Å². The highest BCUT2D eigenvalue weighted by Crippen LogP contribution is 2.25. The van der Waals surface area contributed by atoms with Crippen LogP contribution in [-0.4, -0.2) is 42.4 Å². The number of fused-ring (bicyclic) bond motifs is 1. The van der Waals surface area contributed by atoms with Crippen molar-refractivity contribution in [1.82, 2.24) is 14.8 Å². The summed E-state index contributed by atoms with van der Waals surface area (Å²) >= 11 is 0. The fourth-order valence-electron chi connectivity index (χ4n) is 4.12. The molecule has 3 rings (SSSR count). The van der Waals surface area contributed by atoms with Crippen LogP contribution in [-0.2, 0) is 13.0 Å². The van der Waals surface area contributed by atoms with Gasteiger partial charge in [-0.1, -0.05) is 50.2 Å². The number of para-hydroxylation sites is 2. The summed E-state index contributed by atoms with van der Waals surface area (Å²) in [5.41, 5.74) is 4.26. The minimum Gasteiger partial charge on any atom is -0.492 e. The van der Waals surface area contributed by atoms with E-state index in [1.165, 1.54) is 28.5 Å². The van der Waals surface area contributed by atoms with Crippen molar-refractivity contribution in [3.8, 4) is 5.75 Å². The Morgan fingerprint density at radius 1 is 1.00 bits per heavy atom. The molecule has 0 saturated heterocycles. The summed E-state index contributed by atoms with van der Waals surface area (Å²) in [6, 6.07) is 16.7. The van der Waals surface area contributed by atoms with Crippen LogP contribution in [0.1, 0.15) is 37.8 Å². The average Bonchev–Trinajstić information content (AvgIpc) is 3.10. The monoisotopic (exact) mass is 407 g/mol. The number of aryl methyl sites for hydroxylation is 3. The van der Waals surface area contributed by atoms with Gasteiger partial charge in [-0.3, -0.25) is 4.90 Å². The molecule has 4 nitrogen and oxygen atoms in total. The van der Waals surface area contributed by atoms with Crippen LogP contribution in [0.15, 0.2) is 54.7 Å². The maximum absolute atomic E-state index is 5.77. The molecule has 1 N–H and O–H groups in total. The molecule has 0 aliphatic heterocycles. The van der Waals surface area contributed by atoms with Gasteiger partial charge in [0.05, 0.1) is 5.52 Å². The molecular formula is C26H37N3O. The Morgan fingerprint density at radius 3 is 2.60 bits per heavy atom. The van der Waals surface area contributed by atoms with Gasteiger partial charge in [0.15, 0.2) is 0 Å². The summed E-state index contributed by atoms with van der Waals surface area (Å²) in [7, 11) is 0. The van der Waals surface area contributed by atoms with Crippen molar-refractivity contribution in [1.29, 1.82) is 0 Å². The molecule has 0 saturated carbocycles. The van der Waals surface area contributed by atoms with Crippen molar-refractivity contribution in [2.24, 2.45) is 0 Å². The molecule has 0 unspecified atom stereocenters. The minimum absolute atomic E-state index is 0.693. The second-order valence-electron chi connectivity index (χ2n) is 7.96. The summed E-state index contributed by atoms with van der Waals surface area (Å²) in [6.45, 7) is 12.5. The zero-order chi connectivity index (χ0) is 21.2. The van der Waals surface area contributed by atoms with Gasteiger partial charge in [-0.2, -0.15) is 0 Å². The van der Waals surface area contributed by atoms with E-state index in [0.29, 0.717) is 6.61 Å². The van der Waals surface area contributed by atoms with Gasteiger partial charge in [0, 0.05) is 37.9 Å². The summed E-state index contributed by atoms with van der Waals surface area (Å²) in [5, 5.41) is 4.94. The van der Waals surface area contributed by atoms with E-state index in [1.807, 2.05) is 30.3 Å². The first-order chi connectivity index (χ1) is 14.7. The number of benzene rings is 2. The number of rotatable bonds is 13. The van der Waals surface area contributed by atoms with E-state index in [1.54, 1.807) is 0 Å². The van der Waals surface area contributed by atoms with Crippen LogP contribution in [0.3, 0.4) is 0 Å². The largest absolute Gasteiger partial charge is 0.492 e. The standard InChI is InChI=1S/C26H37N3O/c1-4-16-28(21-27-15-19-30-24-12-7-6-8-13-24)17-10-18-29-20-22(3)25-14-9-11-23(5-2)26(25)29/h6-9,11-14,20,27H,4-5,10,15-19,21H2,1-3H3. The smallest absolute Gasteiger partial charge is 0.119 e. The lowest BCUT2D eigenvalue weighted by Crippen LogP contribution is -2.37. The molecule has 0 aliphatic rings. The molecule has 1 aromatic heterocycles. The van der Waals surface area contributed by atoms with Gasteiger partial charge >= 0.3 is 0 Å². The van der Waals surface area contributed by atoms with E-state index in [9.17, 15) is 0 Å². The van der Waals surface area contributed by atoms with E-state index in [-0.39, 0.29) is 0 Å². The van der Waals surface area contributed by atoms with Gasteiger partial charge in [-0.05, 0) is 56.0 Å². The van der Waals surface area contributed by atoms with E-state index < -0.39 is 0 Å². The second-order valence-corrected chi connectivity index (χ2v) is 7.96. The maximum atomic E-state index is 5.77. The quantitative estimate of drug-likeness (QED) is 0.310. The molecule has 0 fully saturated rings. The summed E-state index contributed by atoms with van der Waals surface area (Å²) in [4.78, 5) is 2.52. The lowest BCUT2D eigenvalue weighted by atomic mass is 10.1. The van der Waals surface area contributed by atoms with E-state index in [4.69, 9.17) is 4.74 Å². The van der Waals surface area contributed by atoms with Gasteiger partial charge in [0.1, 0.15) is 12.4 Å². The third kappa shape index (κ3) is 6.10. The molecule has 0 atom stereocenters. The third-order valence-electron chi connectivity index (χ3n) is 5.60. The van der Waals surface area contributed by atoms with Crippen molar-refractivity contribution in [3.05, 3.63) is 65.9 Å². The van der Waals surface area contributed by atoms with Gasteiger partial charge in [0.25, 0.3) is 0 Å². The molecular weight excluding hydrogens is 370 g/mol. The molecule has 4 heteroatoms. The first-order valence-corrected chi connectivity index (χ1v) is 11.4. The average molecular weight is 408 g/mol. The predicted molar refractivity (Wildman–Crippen MR) is 127 cm³/mol. The van der Waals surface area contributed by atoms with Crippen LogP contribution >= 0.6 is 0 Å². The Balaban J connectivity index is 1.45. The molecule has 162 valence electrons. The van der Waals surface area contributed by atoms with Crippen molar-refractivity contribution < 1.29 is 4.74 Å². The van der Waals surface area contributed by atoms with Crippen LogP contribution in [0.5, 0.6) is 5.75 Å². The van der Waals surface area contributed by atoms with E-state index in [2.05, 4.69) is 60.0 Å². The van der Waals surface area contributed by atoms with Crippen LogP contribution < -0.4 is 10.1 Å². The molecule has 3 aromatic rings. The highest BCUT2D eigenvalue weighted by molar-refractivity contribution is 5.86. The van der Waals surface area contributed by atoms with E-state index in [0.717, 1.165) is 51.4 Å². The Labute approximate surface area is 181 Å². The molecule has 2 aromatic carbocycles. The first-order valence-electron chi connectivity index (χ1n) is 11.4. The number of hydrogen-bond acceptors (Lipinski definition) is 3. The molecule has 1 heterocycles. The number of ether oxygens (including phenoxy) is 1. The lowest BCUT2D eigenvalue weighted by Gasteiger charge is -2.22. The number of hydrogen-bond donors (Lipinski definition) is 1. The van der Waals surface area contributed by atoms with Crippen molar-refractivity contribution in [2.75, 3.05) is 32.9 Å². The number of nitrogens with zero attached hydrogens (tertiary/aromatic N) is 2. The van der Waals surface area contributed by atoms with Gasteiger partial charge in [0.2, 0.25) is 0 Å². The van der Waals surface area contributed by atoms with Gasteiger partial charge in [-0.15, -0.1) is 0 Å². The van der Waals surface area contributed by atoms with Crippen LogP contribution in [0.4, 0.5) is 0 Å². The molecule has 0 bridgehead atoms. The lowest BCUT2D eigenvalue weighted by molar-refractivity contribution is 0.233. The van der Waals surface area contributed by atoms with Crippen molar-refractivity contribution in [3.63, 3.8) is 0 Å². The summed E-state index contributed by atoms with van der Waals surface area (Å²) in [5.74, 6) is 0.936. The van der Waals surface area contributed by atoms with E-state index >= 15 is 0 Å². The normalized spacial score (nSPS) is 11.5. The van der Waals surface area contributed by atoms with Crippen LogP contribution in [0.25, 0.3) is 10.9 Å². The predicted octanol–water partition coefficient (Wildman–Crippen LogP) is 5.24. The minimum atomic E-state index is 0.693. The SMILES string of the molecule is CCCN(CCCn1cc(C)c2cccc(CC)c21)CNCCOc1ccccc1. The molecule has 0 radical (unpaired) electrons. The Kier molecular flexibility index (Phi) is 8.79. The number of nitrogens with one attached hydrogen (secondary N) is 1. The molecule has 30 heavy (non-hydrogen) atoms. The van der Waals surface area contributed by atoms with Crippen LogP contribution in [0, 0.1) is 6.92 Å². The number of aromatic nitrogens is 1. The zero-order valence-electron chi connectivity index (χ0n) is 18.9. The second kappa shape index (κ2) is 11.8. The Hall–Kier alpha value is -2.30. The van der Waals surface area contributed by atoms with Gasteiger partial charge < -0.3 is 14.6 Å². The Morgan fingerprint density at radius 2 is 1.83 bits per heavy atom. The maximum Gasteiger partial charge on any atom is 0.119 e. The highest BCUT2D eigenvalue weighted by Gasteiger charge is 2.10. The van der Waals surface area contributed by atoms with Crippen LogP contribution in [0.2, 0.25) is 0 Å². The molecule has 0 aliphatic carbocycles. The Bertz CT molecular complexity index is 888. The topological polar surface area (TPSA) is 29.4 Å². The molecule has 0 amide bonds. The molecule has 0 spiro atoms. The highest BCUT2D eigenvalue weighted by atomic mass is 16.5. The summed E-state index contributed by atoms with van der Waals surface area (Å²) < 4.78 is 8.23. The fraction of sp³-hybridized carbons (Fsp3) is 0.462. The summed E-state index contributed by atoms with van der Waals surface area (Å²) in [6.07, 6.45) is 5.74. The van der Waals surface area contributed by atoms with Gasteiger partial charge in [-0.25, -0.2) is 0 Å².